The van der Waals surface area contributed by atoms with Gasteiger partial charge in [-0.05, 0) is 36.8 Å². The van der Waals surface area contributed by atoms with Gasteiger partial charge in [-0.15, -0.1) is 0 Å². The Morgan fingerprint density at radius 2 is 1.79 bits per heavy atom. The lowest BCUT2D eigenvalue weighted by atomic mass is 10.2. The third-order valence-electron chi connectivity index (χ3n) is 3.78. The number of rotatable bonds is 6. The van der Waals surface area contributed by atoms with Gasteiger partial charge in [-0.3, -0.25) is 4.99 Å². The molecule has 24 heavy (non-hydrogen) atoms. The van der Waals surface area contributed by atoms with Gasteiger partial charge in [0.15, 0.2) is 0 Å². The van der Waals surface area contributed by atoms with Gasteiger partial charge in [0, 0.05) is 24.9 Å². The van der Waals surface area contributed by atoms with Gasteiger partial charge >= 0.3 is 0 Å². The first kappa shape index (κ1) is 18.2. The number of hydrogen-bond donors (Lipinski definition) is 1. The van der Waals surface area contributed by atoms with Crippen molar-refractivity contribution in [3.63, 3.8) is 0 Å². The molecule has 0 aliphatic heterocycles. The van der Waals surface area contributed by atoms with Crippen molar-refractivity contribution in [2.75, 3.05) is 13.1 Å². The molecule has 5 nitrogen and oxygen atoms in total. The molecule has 2 aromatic carbocycles. The second-order valence-corrected chi connectivity index (χ2v) is 7.26. The van der Waals surface area contributed by atoms with E-state index >= 15 is 0 Å². The fraction of sp³-hybridized carbons (Fsp3) is 0.278. The summed E-state index contributed by atoms with van der Waals surface area (Å²) in [7, 11) is -3.54. The van der Waals surface area contributed by atoms with E-state index in [-0.39, 0.29) is 10.6 Å². The number of nitrogens with zero attached hydrogens (tertiary/aromatic N) is 2. The Morgan fingerprint density at radius 1 is 1.12 bits per heavy atom. The third-order valence-corrected chi connectivity index (χ3v) is 5.98. The predicted octanol–water partition coefficient (Wildman–Crippen LogP) is 3.48. The van der Waals surface area contributed by atoms with Crippen LogP contribution in [0.2, 0.25) is 0 Å². The Bertz CT molecular complexity index is 841. The van der Waals surface area contributed by atoms with Crippen LogP contribution in [-0.2, 0) is 10.0 Å². The molecule has 0 aliphatic carbocycles. The standard InChI is InChI=1S/C18H22N2O3S/c1-4-20(5-2)24(22,23)18-12-16(11-10-14(18)3)19-13-15-8-6-7-9-17(15)21/h6-13,21H,4-5H2,1-3H3. The Morgan fingerprint density at radius 3 is 2.42 bits per heavy atom. The highest BCUT2D eigenvalue weighted by atomic mass is 32.2. The van der Waals surface area contributed by atoms with E-state index in [9.17, 15) is 13.5 Å². The minimum Gasteiger partial charge on any atom is -0.507 e. The molecule has 2 aromatic rings. The molecule has 0 radical (unpaired) electrons. The van der Waals surface area contributed by atoms with Crippen LogP contribution in [0, 0.1) is 6.92 Å². The maximum absolute atomic E-state index is 12.7. The zero-order chi connectivity index (χ0) is 17.7. The maximum atomic E-state index is 12.7. The van der Waals surface area contributed by atoms with Gasteiger partial charge in [0.1, 0.15) is 5.75 Å². The van der Waals surface area contributed by atoms with Gasteiger partial charge in [-0.25, -0.2) is 8.42 Å². The lowest BCUT2D eigenvalue weighted by Gasteiger charge is -2.19. The lowest BCUT2D eigenvalue weighted by Crippen LogP contribution is -2.31. The van der Waals surface area contributed by atoms with Gasteiger partial charge < -0.3 is 5.11 Å². The van der Waals surface area contributed by atoms with Crippen LogP contribution in [0.3, 0.4) is 0 Å². The summed E-state index contributed by atoms with van der Waals surface area (Å²) >= 11 is 0. The monoisotopic (exact) mass is 346 g/mol. The van der Waals surface area contributed by atoms with Gasteiger partial charge in [-0.2, -0.15) is 4.31 Å². The average molecular weight is 346 g/mol. The van der Waals surface area contributed by atoms with E-state index in [2.05, 4.69) is 4.99 Å². The number of phenols is 1. The molecule has 0 unspecified atom stereocenters. The van der Waals surface area contributed by atoms with Gasteiger partial charge in [-0.1, -0.05) is 32.0 Å². The zero-order valence-electron chi connectivity index (χ0n) is 14.1. The Kier molecular flexibility index (Phi) is 5.75. The Labute approximate surface area is 143 Å². The summed E-state index contributed by atoms with van der Waals surface area (Å²) in [6, 6.07) is 11.9. The number of sulfonamides is 1. The molecule has 0 bridgehead atoms. The largest absolute Gasteiger partial charge is 0.507 e. The molecular formula is C18H22N2O3S. The summed E-state index contributed by atoms with van der Waals surface area (Å²) in [6.45, 7) is 6.24. The fourth-order valence-electron chi connectivity index (χ4n) is 2.39. The highest BCUT2D eigenvalue weighted by Crippen LogP contribution is 2.25. The molecule has 1 N–H and O–H groups in total. The van der Waals surface area contributed by atoms with E-state index in [4.69, 9.17) is 0 Å². The number of aliphatic imine (C=N–C) groups is 1. The minimum atomic E-state index is -3.54. The molecule has 0 amide bonds. The molecule has 0 heterocycles. The van der Waals surface area contributed by atoms with Crippen molar-refractivity contribution < 1.29 is 13.5 Å². The third kappa shape index (κ3) is 3.83. The number of para-hydroxylation sites is 1. The van der Waals surface area contributed by atoms with Crippen molar-refractivity contribution in [2.45, 2.75) is 25.7 Å². The SMILES string of the molecule is CCN(CC)S(=O)(=O)c1cc(N=Cc2ccccc2O)ccc1C. The van der Waals surface area contributed by atoms with E-state index in [1.807, 2.05) is 13.8 Å². The van der Waals surface area contributed by atoms with E-state index in [1.165, 1.54) is 10.5 Å². The topological polar surface area (TPSA) is 70.0 Å². The van der Waals surface area contributed by atoms with Crippen molar-refractivity contribution >= 4 is 21.9 Å². The average Bonchev–Trinajstić information content (AvgIpc) is 2.56. The lowest BCUT2D eigenvalue weighted by molar-refractivity contribution is 0.445. The highest BCUT2D eigenvalue weighted by molar-refractivity contribution is 7.89. The number of phenolic OH excluding ortho intramolecular Hbond substituents is 1. The first-order chi connectivity index (χ1) is 11.4. The molecule has 0 saturated carbocycles. The van der Waals surface area contributed by atoms with E-state index in [0.29, 0.717) is 29.9 Å². The summed E-state index contributed by atoms with van der Waals surface area (Å²) in [5.41, 5.74) is 1.78. The van der Waals surface area contributed by atoms with Gasteiger partial charge in [0.2, 0.25) is 10.0 Å². The van der Waals surface area contributed by atoms with Crippen LogP contribution in [0.15, 0.2) is 52.4 Å². The number of hydrogen-bond acceptors (Lipinski definition) is 4. The molecule has 2 rings (SSSR count). The Hall–Kier alpha value is -2.18. The summed E-state index contributed by atoms with van der Waals surface area (Å²) in [5.74, 6) is 0.129. The summed E-state index contributed by atoms with van der Waals surface area (Å²) in [6.07, 6.45) is 1.52. The maximum Gasteiger partial charge on any atom is 0.243 e. The van der Waals surface area contributed by atoms with Crippen molar-refractivity contribution in [1.29, 1.82) is 0 Å². The first-order valence-corrected chi connectivity index (χ1v) is 9.27. The Balaban J connectivity index is 2.41. The van der Waals surface area contributed by atoms with Crippen molar-refractivity contribution in [1.82, 2.24) is 4.31 Å². The van der Waals surface area contributed by atoms with Crippen LogP contribution in [0.25, 0.3) is 0 Å². The van der Waals surface area contributed by atoms with Crippen LogP contribution >= 0.6 is 0 Å². The van der Waals surface area contributed by atoms with Crippen molar-refractivity contribution in [3.05, 3.63) is 53.6 Å². The predicted molar refractivity (Wildman–Crippen MR) is 96.6 cm³/mol. The van der Waals surface area contributed by atoms with E-state index in [1.54, 1.807) is 49.4 Å². The minimum absolute atomic E-state index is 0.129. The number of aromatic hydroxyl groups is 1. The van der Waals surface area contributed by atoms with Gasteiger partial charge in [0.25, 0.3) is 0 Å². The van der Waals surface area contributed by atoms with Crippen LogP contribution in [0.1, 0.15) is 25.0 Å². The second-order valence-electron chi connectivity index (χ2n) is 5.36. The van der Waals surface area contributed by atoms with Crippen LogP contribution in [0.5, 0.6) is 5.75 Å². The molecule has 0 atom stereocenters. The molecule has 128 valence electrons. The highest BCUT2D eigenvalue weighted by Gasteiger charge is 2.23. The fourth-order valence-corrected chi connectivity index (χ4v) is 4.09. The molecule has 0 saturated heterocycles. The van der Waals surface area contributed by atoms with Gasteiger partial charge in [0.05, 0.1) is 10.6 Å². The molecule has 0 fully saturated rings. The quantitative estimate of drug-likeness (QED) is 0.814. The van der Waals surface area contributed by atoms with Crippen molar-refractivity contribution in [2.24, 2.45) is 4.99 Å². The summed E-state index contributed by atoms with van der Waals surface area (Å²) in [5, 5.41) is 9.76. The summed E-state index contributed by atoms with van der Waals surface area (Å²) < 4.78 is 26.9. The van der Waals surface area contributed by atoms with Crippen LogP contribution in [0.4, 0.5) is 5.69 Å². The van der Waals surface area contributed by atoms with E-state index in [0.717, 1.165) is 0 Å². The van der Waals surface area contributed by atoms with E-state index < -0.39 is 10.0 Å². The first-order valence-electron chi connectivity index (χ1n) is 7.83. The normalized spacial score (nSPS) is 12.2. The molecular weight excluding hydrogens is 324 g/mol. The molecule has 0 aromatic heterocycles. The number of aryl methyl sites for hydroxylation is 1. The number of benzene rings is 2. The smallest absolute Gasteiger partial charge is 0.243 e. The zero-order valence-corrected chi connectivity index (χ0v) is 14.9. The van der Waals surface area contributed by atoms with Crippen molar-refractivity contribution in [3.8, 4) is 5.75 Å². The van der Waals surface area contributed by atoms with Crippen LogP contribution in [-0.4, -0.2) is 37.1 Å². The molecule has 0 aliphatic rings. The molecule has 6 heteroatoms. The second kappa shape index (κ2) is 7.59. The van der Waals surface area contributed by atoms with Crippen LogP contribution < -0.4 is 0 Å². The molecule has 0 spiro atoms. The summed E-state index contributed by atoms with van der Waals surface area (Å²) in [4.78, 5) is 4.56.